The Morgan fingerprint density at radius 3 is 1.21 bits per heavy atom. The van der Waals surface area contributed by atoms with E-state index in [0.29, 0.717) is 46.6 Å². The summed E-state index contributed by atoms with van der Waals surface area (Å²) in [5.41, 5.74) is 7.24. The molecule has 3 nitrogen and oxygen atoms in total. The number of nitrogens with zero attached hydrogens (tertiary/aromatic N) is 2. The number of hydrogen-bond acceptors (Lipinski definition) is 4. The molecule has 7 aromatic carbocycles. The minimum absolute atomic E-state index is 0.385. The quantitative estimate of drug-likeness (QED) is 0.156. The predicted molar refractivity (Wildman–Crippen MR) is 220 cm³/mol. The van der Waals surface area contributed by atoms with E-state index < -0.39 is 23.5 Å². The first-order valence-corrected chi connectivity index (χ1v) is 19.7. The first kappa shape index (κ1) is 37.4. The molecule has 58 heavy (non-hydrogen) atoms. The lowest BCUT2D eigenvalue weighted by Gasteiger charge is -2.41. The van der Waals surface area contributed by atoms with Crippen LogP contribution in [0.25, 0.3) is 22.3 Å². The van der Waals surface area contributed by atoms with Gasteiger partial charge in [-0.1, -0.05) is 98.4 Å². The van der Waals surface area contributed by atoms with E-state index in [0.717, 1.165) is 79.3 Å². The van der Waals surface area contributed by atoms with Crippen LogP contribution < -0.4 is 14.5 Å². The van der Waals surface area contributed by atoms with Gasteiger partial charge in [-0.2, -0.15) is 26.3 Å². The maximum atomic E-state index is 14.1. The Morgan fingerprint density at radius 1 is 0.448 bits per heavy atom. The van der Waals surface area contributed by atoms with Gasteiger partial charge in [0.1, 0.15) is 0 Å². The van der Waals surface area contributed by atoms with Gasteiger partial charge in [-0.05, 0) is 102 Å². The third kappa shape index (κ3) is 6.27. The fourth-order valence-corrected chi connectivity index (χ4v) is 9.23. The van der Waals surface area contributed by atoms with Gasteiger partial charge in [0, 0.05) is 26.5 Å². The summed E-state index contributed by atoms with van der Waals surface area (Å²) in [6, 6.07) is 41.8. The van der Waals surface area contributed by atoms with Gasteiger partial charge in [0.05, 0.1) is 45.3 Å². The van der Waals surface area contributed by atoms with E-state index in [9.17, 15) is 26.3 Å². The van der Waals surface area contributed by atoms with Crippen LogP contribution in [-0.4, -0.2) is 0 Å². The first-order chi connectivity index (χ1) is 28.0. The van der Waals surface area contributed by atoms with Crippen LogP contribution in [-0.2, 0) is 25.2 Å². The third-order valence-corrected chi connectivity index (χ3v) is 11.8. The van der Waals surface area contributed by atoms with Gasteiger partial charge >= 0.3 is 12.4 Å². The van der Waals surface area contributed by atoms with E-state index in [1.165, 1.54) is 24.3 Å². The maximum absolute atomic E-state index is 14.1. The van der Waals surface area contributed by atoms with E-state index >= 15 is 0 Å². The second-order valence-electron chi connectivity index (χ2n) is 14.0. The summed E-state index contributed by atoms with van der Waals surface area (Å²) in [5.74, 6) is 1.19. The lowest BCUT2D eigenvalue weighted by Crippen LogP contribution is -2.23. The Labute approximate surface area is 336 Å². The lowest BCUT2D eigenvalue weighted by atomic mass is 9.82. The average molecular weight is 801 g/mol. The fourth-order valence-electron chi connectivity index (χ4n) is 8.17. The molecule has 0 amide bonds. The Morgan fingerprint density at radius 2 is 0.810 bits per heavy atom. The highest BCUT2D eigenvalue weighted by molar-refractivity contribution is 7.99. The lowest BCUT2D eigenvalue weighted by molar-refractivity contribution is -0.138. The summed E-state index contributed by atoms with van der Waals surface area (Å²) >= 11 is 1.64. The largest absolute Gasteiger partial charge is 0.453 e. The van der Waals surface area contributed by atoms with Crippen LogP contribution in [0.15, 0.2) is 155 Å². The zero-order chi connectivity index (χ0) is 40.3. The second kappa shape index (κ2) is 14.4. The Hall–Kier alpha value is -6.13. The summed E-state index contributed by atoms with van der Waals surface area (Å²) in [6.45, 7) is 4.01. The summed E-state index contributed by atoms with van der Waals surface area (Å²) in [7, 11) is 0. The maximum Gasteiger partial charge on any atom is 0.416 e. The molecule has 0 N–H and O–H groups in total. The highest BCUT2D eigenvalue weighted by Crippen LogP contribution is 2.61. The fraction of sp³-hybridized carbons (Fsp3) is 0.125. The summed E-state index contributed by atoms with van der Waals surface area (Å²) in [4.78, 5) is 6.34. The molecular formula is C48H34F6N2OS. The Balaban J connectivity index is 1.49. The number of ether oxygens (including phenoxy) is 1. The molecule has 290 valence electrons. The standard InChI is InChI=1S/C48H34F6N2OS/c1-3-33-43(29-21-25-31(26-22-29)47(49,50)51)45(55-35-13-5-9-17-39(35)57-40-18-10-6-14-36(40)55)34(4-2)46(44(33)30-23-27-32(28-24-30)48(52,53)54)56-37-15-7-11-19-41(37)58-42-20-12-8-16-38(42)56/h5-28H,3-4H2,1-2H3. The zero-order valence-corrected chi connectivity index (χ0v) is 32.1. The van der Waals surface area contributed by atoms with Gasteiger partial charge in [-0.25, -0.2) is 0 Å². The van der Waals surface area contributed by atoms with Crippen molar-refractivity contribution in [2.75, 3.05) is 9.80 Å². The molecule has 0 fully saturated rings. The number of anilines is 6. The van der Waals surface area contributed by atoms with Crippen molar-refractivity contribution in [2.45, 2.75) is 48.8 Å². The van der Waals surface area contributed by atoms with Gasteiger partial charge in [-0.15, -0.1) is 0 Å². The molecule has 10 heteroatoms. The molecular weight excluding hydrogens is 767 g/mol. The number of fused-ring (bicyclic) bond motifs is 4. The normalized spacial score (nSPS) is 13.3. The molecule has 2 aliphatic heterocycles. The smallest absolute Gasteiger partial charge is 0.416 e. The molecule has 0 saturated heterocycles. The van der Waals surface area contributed by atoms with Crippen molar-refractivity contribution in [3.05, 3.63) is 168 Å². The van der Waals surface area contributed by atoms with E-state index in [2.05, 4.69) is 21.9 Å². The number of para-hydroxylation sites is 6. The van der Waals surface area contributed by atoms with Crippen molar-refractivity contribution in [3.63, 3.8) is 0 Å². The van der Waals surface area contributed by atoms with Crippen molar-refractivity contribution in [1.29, 1.82) is 0 Å². The van der Waals surface area contributed by atoms with Gasteiger partial charge in [0.2, 0.25) is 0 Å². The summed E-state index contributed by atoms with van der Waals surface area (Å²) < 4.78 is 91.0. The number of benzene rings is 7. The molecule has 2 aliphatic rings. The number of rotatable bonds is 6. The highest BCUT2D eigenvalue weighted by Gasteiger charge is 2.38. The Bertz CT molecular complexity index is 2420. The molecule has 0 aromatic heterocycles. The first-order valence-electron chi connectivity index (χ1n) is 18.9. The SMILES string of the molecule is CCc1c(-c2ccc(C(F)(F)F)cc2)c(N2c3ccccc3Oc3ccccc32)c(CC)c(N2c3ccccc3Sc3ccccc32)c1-c1ccc(C(F)(F)F)cc1. The Kier molecular flexibility index (Phi) is 9.27. The number of alkyl halides is 6. The van der Waals surface area contributed by atoms with Crippen molar-refractivity contribution in [1.82, 2.24) is 0 Å². The summed E-state index contributed by atoms with van der Waals surface area (Å²) in [5, 5.41) is 0. The van der Waals surface area contributed by atoms with E-state index in [-0.39, 0.29) is 0 Å². The molecule has 7 aromatic rings. The molecule has 2 heterocycles. The van der Waals surface area contributed by atoms with Crippen molar-refractivity contribution < 1.29 is 31.1 Å². The average Bonchev–Trinajstić information content (AvgIpc) is 3.23. The third-order valence-electron chi connectivity index (χ3n) is 10.7. The van der Waals surface area contributed by atoms with E-state index in [4.69, 9.17) is 4.74 Å². The molecule has 0 unspecified atom stereocenters. The monoisotopic (exact) mass is 800 g/mol. The minimum atomic E-state index is -4.56. The molecule has 0 atom stereocenters. The van der Waals surface area contributed by atoms with Crippen LogP contribution in [0.1, 0.15) is 36.1 Å². The van der Waals surface area contributed by atoms with Gasteiger partial charge in [0.25, 0.3) is 0 Å². The van der Waals surface area contributed by atoms with Gasteiger partial charge in [-0.3, -0.25) is 0 Å². The van der Waals surface area contributed by atoms with Crippen LogP contribution in [0.4, 0.5) is 60.5 Å². The zero-order valence-electron chi connectivity index (χ0n) is 31.2. The topological polar surface area (TPSA) is 15.7 Å². The molecule has 0 radical (unpaired) electrons. The van der Waals surface area contributed by atoms with Crippen LogP contribution in [0, 0.1) is 0 Å². The van der Waals surface area contributed by atoms with Crippen LogP contribution in [0.5, 0.6) is 11.5 Å². The molecule has 9 rings (SSSR count). The second-order valence-corrected chi connectivity index (χ2v) is 15.1. The predicted octanol–water partition coefficient (Wildman–Crippen LogP) is 15.7. The van der Waals surface area contributed by atoms with Crippen LogP contribution in [0.3, 0.4) is 0 Å². The van der Waals surface area contributed by atoms with Crippen LogP contribution >= 0.6 is 11.8 Å². The highest BCUT2D eigenvalue weighted by atomic mass is 32.2. The number of hydrogen-bond donors (Lipinski definition) is 0. The van der Waals surface area contributed by atoms with Crippen molar-refractivity contribution in [2.24, 2.45) is 0 Å². The molecule has 0 aliphatic carbocycles. The molecule has 0 saturated carbocycles. The van der Waals surface area contributed by atoms with E-state index in [1.54, 1.807) is 11.8 Å². The van der Waals surface area contributed by atoms with Gasteiger partial charge in [0.15, 0.2) is 11.5 Å². The molecule has 0 spiro atoms. The van der Waals surface area contributed by atoms with Crippen molar-refractivity contribution >= 4 is 45.9 Å². The van der Waals surface area contributed by atoms with Crippen molar-refractivity contribution in [3.8, 4) is 33.8 Å². The minimum Gasteiger partial charge on any atom is -0.453 e. The van der Waals surface area contributed by atoms with E-state index in [1.807, 2.05) is 98.8 Å². The van der Waals surface area contributed by atoms with Gasteiger partial charge < -0.3 is 14.5 Å². The summed E-state index contributed by atoms with van der Waals surface area (Å²) in [6.07, 6.45) is -8.30. The molecule has 0 bridgehead atoms. The van der Waals surface area contributed by atoms with Crippen LogP contribution in [0.2, 0.25) is 0 Å². The number of halogens is 6.